The molecular formula is C22H38O4. The van der Waals surface area contributed by atoms with E-state index < -0.39 is 11.5 Å². The topological polar surface area (TPSA) is 55.8 Å². The molecule has 4 nitrogen and oxygen atoms in total. The second-order valence-corrected chi connectivity index (χ2v) is 9.83. The number of methoxy groups -OCH3 is 1. The monoisotopic (exact) mass is 366 g/mol. The third kappa shape index (κ3) is 2.62. The number of hydrogen-bond donors (Lipinski definition) is 1. The Morgan fingerprint density at radius 3 is 2.46 bits per heavy atom. The molecular weight excluding hydrogens is 328 g/mol. The molecule has 0 aliphatic heterocycles. The zero-order chi connectivity index (χ0) is 19.3. The highest BCUT2D eigenvalue weighted by atomic mass is 16.5. The highest BCUT2D eigenvalue weighted by Crippen LogP contribution is 2.68. The third-order valence-corrected chi connectivity index (χ3v) is 8.80. The molecule has 0 radical (unpaired) electrons. The van der Waals surface area contributed by atoms with Crippen LogP contribution in [0.3, 0.4) is 0 Å². The van der Waals surface area contributed by atoms with Gasteiger partial charge >= 0.3 is 0 Å². The summed E-state index contributed by atoms with van der Waals surface area (Å²) in [6.45, 7) is 11.7. The quantitative estimate of drug-likeness (QED) is 0.821. The Labute approximate surface area is 159 Å². The number of aliphatic hydroxyl groups excluding tert-OH is 1. The van der Waals surface area contributed by atoms with Crippen LogP contribution in [0, 0.1) is 34.0 Å². The summed E-state index contributed by atoms with van der Waals surface area (Å²) in [7, 11) is 1.80. The van der Waals surface area contributed by atoms with Crippen LogP contribution in [-0.2, 0) is 14.3 Å². The van der Waals surface area contributed by atoms with Crippen molar-refractivity contribution in [1.82, 2.24) is 0 Å². The van der Waals surface area contributed by atoms with Crippen molar-refractivity contribution < 1.29 is 19.4 Å². The largest absolute Gasteiger partial charge is 0.393 e. The highest BCUT2D eigenvalue weighted by Gasteiger charge is 2.67. The third-order valence-electron chi connectivity index (χ3n) is 8.80. The SMILES string of the molecule is CCOC[C@]1(C)C[C@@H](O)[C@@]2(C)C3[C@H](OC)CCC3(CC[C@H]2C)[C@@H](C)C1=O. The van der Waals surface area contributed by atoms with Gasteiger partial charge in [-0.2, -0.15) is 0 Å². The maximum atomic E-state index is 13.7. The van der Waals surface area contributed by atoms with Crippen LogP contribution in [0.1, 0.15) is 66.7 Å². The fourth-order valence-corrected chi connectivity index (χ4v) is 6.99. The maximum absolute atomic E-state index is 13.7. The molecule has 2 bridgehead atoms. The van der Waals surface area contributed by atoms with E-state index >= 15 is 0 Å². The maximum Gasteiger partial charge on any atom is 0.144 e. The molecule has 2 unspecified atom stereocenters. The van der Waals surface area contributed by atoms with Gasteiger partial charge in [0.1, 0.15) is 5.78 Å². The summed E-state index contributed by atoms with van der Waals surface area (Å²) in [5.41, 5.74) is -0.887. The van der Waals surface area contributed by atoms with Crippen LogP contribution in [-0.4, -0.2) is 43.4 Å². The van der Waals surface area contributed by atoms with E-state index in [4.69, 9.17) is 9.47 Å². The van der Waals surface area contributed by atoms with Gasteiger partial charge in [0.15, 0.2) is 0 Å². The lowest BCUT2D eigenvalue weighted by Gasteiger charge is -2.61. The molecule has 0 aromatic rings. The lowest BCUT2D eigenvalue weighted by atomic mass is 9.44. The van der Waals surface area contributed by atoms with Gasteiger partial charge in [-0.3, -0.25) is 4.79 Å². The van der Waals surface area contributed by atoms with Gasteiger partial charge in [0.05, 0.1) is 24.2 Å². The Morgan fingerprint density at radius 2 is 1.85 bits per heavy atom. The minimum Gasteiger partial charge on any atom is -0.393 e. The second kappa shape index (κ2) is 6.86. The molecule has 0 heterocycles. The van der Waals surface area contributed by atoms with Gasteiger partial charge in [0.2, 0.25) is 0 Å². The van der Waals surface area contributed by atoms with Crippen molar-refractivity contribution in [1.29, 1.82) is 0 Å². The number of Topliss-reactive ketones (excluding diaryl/α,β-unsaturated/α-hetero) is 1. The summed E-state index contributed by atoms with van der Waals surface area (Å²) >= 11 is 0. The Bertz CT molecular complexity index is 548. The molecule has 0 aromatic carbocycles. The van der Waals surface area contributed by atoms with Gasteiger partial charge in [0, 0.05) is 25.0 Å². The number of hydrogen-bond acceptors (Lipinski definition) is 4. The smallest absolute Gasteiger partial charge is 0.144 e. The zero-order valence-electron chi connectivity index (χ0n) is 17.5. The van der Waals surface area contributed by atoms with E-state index in [-0.39, 0.29) is 34.6 Å². The van der Waals surface area contributed by atoms with Crippen molar-refractivity contribution in [3.05, 3.63) is 0 Å². The first-order valence-corrected chi connectivity index (χ1v) is 10.5. The average Bonchev–Trinajstić information content (AvgIpc) is 3.02. The summed E-state index contributed by atoms with van der Waals surface area (Å²) in [6, 6.07) is 0. The van der Waals surface area contributed by atoms with Gasteiger partial charge in [-0.25, -0.2) is 0 Å². The van der Waals surface area contributed by atoms with E-state index in [2.05, 4.69) is 20.8 Å². The molecule has 1 N–H and O–H groups in total. The zero-order valence-corrected chi connectivity index (χ0v) is 17.5. The van der Waals surface area contributed by atoms with Crippen LogP contribution >= 0.6 is 0 Å². The Hall–Kier alpha value is -0.450. The fourth-order valence-electron chi connectivity index (χ4n) is 6.99. The van der Waals surface area contributed by atoms with Crippen LogP contribution in [0.4, 0.5) is 0 Å². The number of carbonyl (C=O) groups excluding carboxylic acids is 1. The van der Waals surface area contributed by atoms with Gasteiger partial charge in [-0.1, -0.05) is 27.7 Å². The molecule has 0 spiro atoms. The number of ketones is 1. The van der Waals surface area contributed by atoms with E-state index in [9.17, 15) is 9.90 Å². The minimum absolute atomic E-state index is 0.0163. The molecule has 0 amide bonds. The van der Waals surface area contributed by atoms with Crippen molar-refractivity contribution in [3.8, 4) is 0 Å². The summed E-state index contributed by atoms with van der Waals surface area (Å²) in [4.78, 5) is 13.7. The molecule has 3 fully saturated rings. The highest BCUT2D eigenvalue weighted by molar-refractivity contribution is 5.87. The lowest BCUT2D eigenvalue weighted by molar-refractivity contribution is -0.195. The first-order chi connectivity index (χ1) is 12.2. The second-order valence-electron chi connectivity index (χ2n) is 9.83. The molecule has 3 rings (SSSR count). The standard InChI is InChI=1S/C22H38O4/c1-7-26-13-20(4)12-17(23)21(5)14(2)8-10-22(15(3)19(20)24)11-9-16(25-6)18(21)22/h14-18,23H,7-13H2,1-6H3/t14-,15+,16-,17-,18?,20+,21+,22?/m1/s1. The molecule has 3 aliphatic carbocycles. The Morgan fingerprint density at radius 1 is 1.19 bits per heavy atom. The molecule has 3 saturated carbocycles. The number of rotatable bonds is 4. The van der Waals surface area contributed by atoms with E-state index in [1.54, 1.807) is 7.11 Å². The molecule has 4 heteroatoms. The number of carbonyl (C=O) groups is 1. The van der Waals surface area contributed by atoms with E-state index in [0.717, 1.165) is 25.7 Å². The van der Waals surface area contributed by atoms with Gasteiger partial charge in [-0.05, 0) is 56.3 Å². The lowest BCUT2D eigenvalue weighted by Crippen LogP contribution is -2.62. The van der Waals surface area contributed by atoms with Crippen LogP contribution in [0.25, 0.3) is 0 Å². The summed E-state index contributed by atoms with van der Waals surface area (Å²) in [6.07, 6.45) is 4.29. The van der Waals surface area contributed by atoms with Crippen molar-refractivity contribution in [2.45, 2.75) is 78.9 Å². The first kappa shape index (κ1) is 20.3. The van der Waals surface area contributed by atoms with E-state index in [0.29, 0.717) is 25.6 Å². The Kier molecular flexibility index (Phi) is 5.35. The predicted octanol–water partition coefficient (Wildman–Crippen LogP) is 3.85. The molecule has 3 aliphatic rings. The summed E-state index contributed by atoms with van der Waals surface area (Å²) in [5.74, 6) is 0.929. The van der Waals surface area contributed by atoms with Crippen molar-refractivity contribution in [2.24, 2.45) is 34.0 Å². The number of ether oxygens (including phenoxy) is 2. The van der Waals surface area contributed by atoms with Crippen LogP contribution in [0.15, 0.2) is 0 Å². The normalized spacial score (nSPS) is 51.7. The van der Waals surface area contributed by atoms with Crippen molar-refractivity contribution >= 4 is 5.78 Å². The first-order valence-electron chi connectivity index (χ1n) is 10.5. The number of aliphatic hydroxyl groups is 1. The molecule has 26 heavy (non-hydrogen) atoms. The molecule has 0 saturated heterocycles. The van der Waals surface area contributed by atoms with E-state index in [1.807, 2.05) is 13.8 Å². The van der Waals surface area contributed by atoms with Crippen LogP contribution in [0.2, 0.25) is 0 Å². The van der Waals surface area contributed by atoms with Crippen molar-refractivity contribution in [2.75, 3.05) is 20.3 Å². The van der Waals surface area contributed by atoms with Gasteiger partial charge in [0.25, 0.3) is 0 Å². The Balaban J connectivity index is 2.12. The molecule has 150 valence electrons. The predicted molar refractivity (Wildman–Crippen MR) is 102 cm³/mol. The average molecular weight is 367 g/mol. The van der Waals surface area contributed by atoms with Crippen LogP contribution in [0.5, 0.6) is 0 Å². The molecule has 8 atom stereocenters. The summed E-state index contributed by atoms with van der Waals surface area (Å²) < 4.78 is 11.6. The summed E-state index contributed by atoms with van der Waals surface area (Å²) in [5, 5.41) is 11.5. The van der Waals surface area contributed by atoms with Crippen LogP contribution < -0.4 is 0 Å². The van der Waals surface area contributed by atoms with Gasteiger partial charge < -0.3 is 14.6 Å². The van der Waals surface area contributed by atoms with Gasteiger partial charge in [-0.15, -0.1) is 0 Å². The molecule has 0 aromatic heterocycles. The van der Waals surface area contributed by atoms with E-state index in [1.165, 1.54) is 0 Å². The minimum atomic E-state index is -0.615. The fraction of sp³-hybridized carbons (Fsp3) is 0.955. The van der Waals surface area contributed by atoms with Crippen molar-refractivity contribution in [3.63, 3.8) is 0 Å².